The van der Waals surface area contributed by atoms with Crippen molar-refractivity contribution in [2.24, 2.45) is 11.7 Å². The van der Waals surface area contributed by atoms with Gasteiger partial charge in [0.1, 0.15) is 0 Å². The fourth-order valence-corrected chi connectivity index (χ4v) is 2.01. The SMILES string of the molecule is C=C[C@H](C)[C@](N)(CCC)c1ccccc1. The molecule has 0 aliphatic heterocycles. The Hall–Kier alpha value is -1.08. The van der Waals surface area contributed by atoms with E-state index in [9.17, 15) is 0 Å². The molecule has 0 fully saturated rings. The van der Waals surface area contributed by atoms with Gasteiger partial charge in [0.05, 0.1) is 0 Å². The van der Waals surface area contributed by atoms with Crippen LogP contribution in [0.1, 0.15) is 32.3 Å². The van der Waals surface area contributed by atoms with Gasteiger partial charge in [-0.25, -0.2) is 0 Å². The first-order chi connectivity index (χ1) is 7.15. The molecule has 0 saturated heterocycles. The fourth-order valence-electron chi connectivity index (χ4n) is 2.01. The summed E-state index contributed by atoms with van der Waals surface area (Å²) in [5.41, 5.74) is 7.45. The minimum absolute atomic E-state index is 0.266. The van der Waals surface area contributed by atoms with Gasteiger partial charge in [-0.05, 0) is 17.9 Å². The maximum atomic E-state index is 6.51. The molecule has 0 aliphatic rings. The smallest absolute Gasteiger partial charge is 0.0470 e. The van der Waals surface area contributed by atoms with Crippen molar-refractivity contribution < 1.29 is 0 Å². The maximum absolute atomic E-state index is 6.51. The monoisotopic (exact) mass is 203 g/mol. The first-order valence-corrected chi connectivity index (χ1v) is 5.62. The summed E-state index contributed by atoms with van der Waals surface area (Å²) in [5.74, 6) is 0.292. The van der Waals surface area contributed by atoms with Crippen molar-refractivity contribution in [3.63, 3.8) is 0 Å². The second-order valence-corrected chi connectivity index (χ2v) is 4.18. The molecule has 2 N–H and O–H groups in total. The van der Waals surface area contributed by atoms with Crippen LogP contribution in [0.2, 0.25) is 0 Å². The molecule has 0 aromatic heterocycles. The van der Waals surface area contributed by atoms with E-state index in [-0.39, 0.29) is 5.54 Å². The highest BCUT2D eigenvalue weighted by atomic mass is 14.8. The summed E-state index contributed by atoms with van der Waals surface area (Å²) < 4.78 is 0. The Bertz CT molecular complexity index is 304. The molecule has 0 heterocycles. The van der Waals surface area contributed by atoms with Crippen LogP contribution in [0.5, 0.6) is 0 Å². The minimum Gasteiger partial charge on any atom is -0.321 e. The van der Waals surface area contributed by atoms with Crippen molar-refractivity contribution in [2.45, 2.75) is 32.2 Å². The molecule has 0 aliphatic carbocycles. The molecule has 1 aromatic carbocycles. The maximum Gasteiger partial charge on any atom is 0.0470 e. The highest BCUT2D eigenvalue weighted by Gasteiger charge is 2.30. The quantitative estimate of drug-likeness (QED) is 0.729. The van der Waals surface area contributed by atoms with Crippen LogP contribution in [0.3, 0.4) is 0 Å². The van der Waals surface area contributed by atoms with E-state index >= 15 is 0 Å². The lowest BCUT2D eigenvalue weighted by Crippen LogP contribution is -2.42. The van der Waals surface area contributed by atoms with Gasteiger partial charge in [0.2, 0.25) is 0 Å². The molecule has 1 nitrogen and oxygen atoms in total. The summed E-state index contributed by atoms with van der Waals surface area (Å²) in [5, 5.41) is 0. The molecule has 1 rings (SSSR count). The number of rotatable bonds is 5. The van der Waals surface area contributed by atoms with Crippen LogP contribution in [0.4, 0.5) is 0 Å². The molecule has 0 saturated carbocycles. The second-order valence-electron chi connectivity index (χ2n) is 4.18. The summed E-state index contributed by atoms with van der Waals surface area (Å²) in [6, 6.07) is 10.3. The van der Waals surface area contributed by atoms with E-state index in [1.54, 1.807) is 0 Å². The summed E-state index contributed by atoms with van der Waals surface area (Å²) in [4.78, 5) is 0. The van der Waals surface area contributed by atoms with Crippen LogP contribution in [0.15, 0.2) is 43.0 Å². The zero-order chi connectivity index (χ0) is 11.3. The number of hydrogen-bond acceptors (Lipinski definition) is 1. The fraction of sp³-hybridized carbons (Fsp3) is 0.429. The number of hydrogen-bond donors (Lipinski definition) is 1. The molecule has 15 heavy (non-hydrogen) atoms. The van der Waals surface area contributed by atoms with E-state index in [1.807, 2.05) is 24.3 Å². The van der Waals surface area contributed by atoms with E-state index in [0.717, 1.165) is 12.8 Å². The first-order valence-electron chi connectivity index (χ1n) is 5.62. The molecule has 0 amide bonds. The third-order valence-electron chi connectivity index (χ3n) is 3.14. The predicted molar refractivity (Wildman–Crippen MR) is 66.6 cm³/mol. The van der Waals surface area contributed by atoms with Crippen molar-refractivity contribution in [2.75, 3.05) is 0 Å². The molecule has 1 heteroatoms. The van der Waals surface area contributed by atoms with E-state index in [1.165, 1.54) is 5.56 Å². The lowest BCUT2D eigenvalue weighted by atomic mass is 9.77. The molecule has 82 valence electrons. The predicted octanol–water partition coefficient (Wildman–Crippen LogP) is 3.46. The average Bonchev–Trinajstić information content (AvgIpc) is 2.29. The van der Waals surface area contributed by atoms with Crippen molar-refractivity contribution in [1.82, 2.24) is 0 Å². The Labute approximate surface area is 93.0 Å². The Morgan fingerprint density at radius 1 is 1.40 bits per heavy atom. The Balaban J connectivity index is 3.06. The summed E-state index contributed by atoms with van der Waals surface area (Å²) in [6.07, 6.45) is 4.02. The molecule has 1 aromatic rings. The highest BCUT2D eigenvalue weighted by molar-refractivity contribution is 5.26. The van der Waals surface area contributed by atoms with Gasteiger partial charge in [0, 0.05) is 5.54 Å². The van der Waals surface area contributed by atoms with Crippen molar-refractivity contribution in [3.05, 3.63) is 48.6 Å². The third-order valence-corrected chi connectivity index (χ3v) is 3.14. The summed E-state index contributed by atoms with van der Waals surface area (Å²) in [7, 11) is 0. The van der Waals surface area contributed by atoms with Crippen LogP contribution < -0.4 is 5.73 Å². The van der Waals surface area contributed by atoms with E-state index in [2.05, 4.69) is 32.6 Å². The second kappa shape index (κ2) is 5.13. The van der Waals surface area contributed by atoms with Gasteiger partial charge in [0.25, 0.3) is 0 Å². The lowest BCUT2D eigenvalue weighted by molar-refractivity contribution is 0.319. The minimum atomic E-state index is -0.266. The van der Waals surface area contributed by atoms with Crippen molar-refractivity contribution >= 4 is 0 Å². The molecular weight excluding hydrogens is 182 g/mol. The number of nitrogens with two attached hydrogens (primary N) is 1. The molecule has 0 radical (unpaired) electrons. The summed E-state index contributed by atoms with van der Waals surface area (Å²) >= 11 is 0. The van der Waals surface area contributed by atoms with E-state index in [4.69, 9.17) is 5.73 Å². The largest absolute Gasteiger partial charge is 0.321 e. The van der Waals surface area contributed by atoms with Gasteiger partial charge in [-0.3, -0.25) is 0 Å². The number of benzene rings is 1. The zero-order valence-electron chi connectivity index (χ0n) is 9.74. The molecule has 0 unspecified atom stereocenters. The third kappa shape index (κ3) is 2.48. The standard InChI is InChI=1S/C14H21N/c1-4-11-14(15,12(3)5-2)13-9-7-6-8-10-13/h5-10,12H,2,4,11,15H2,1,3H3/t12-,14+/m0/s1. The van der Waals surface area contributed by atoms with E-state index < -0.39 is 0 Å². The van der Waals surface area contributed by atoms with Gasteiger partial charge in [-0.2, -0.15) is 0 Å². The highest BCUT2D eigenvalue weighted by Crippen LogP contribution is 2.32. The summed E-state index contributed by atoms with van der Waals surface area (Å²) in [6.45, 7) is 8.16. The molecule has 2 atom stereocenters. The van der Waals surface area contributed by atoms with Gasteiger partial charge in [0.15, 0.2) is 0 Å². The van der Waals surface area contributed by atoms with E-state index in [0.29, 0.717) is 5.92 Å². The van der Waals surface area contributed by atoms with Crippen LogP contribution in [0.25, 0.3) is 0 Å². The van der Waals surface area contributed by atoms with Crippen LogP contribution in [-0.2, 0) is 5.54 Å². The lowest BCUT2D eigenvalue weighted by Gasteiger charge is -2.34. The van der Waals surface area contributed by atoms with Gasteiger partial charge in [-0.1, -0.05) is 56.7 Å². The van der Waals surface area contributed by atoms with Crippen molar-refractivity contribution in [1.29, 1.82) is 0 Å². The van der Waals surface area contributed by atoms with Crippen LogP contribution in [-0.4, -0.2) is 0 Å². The van der Waals surface area contributed by atoms with Gasteiger partial charge in [-0.15, -0.1) is 6.58 Å². The molecular formula is C14H21N. The zero-order valence-corrected chi connectivity index (χ0v) is 9.74. The Morgan fingerprint density at radius 3 is 2.47 bits per heavy atom. The van der Waals surface area contributed by atoms with Gasteiger partial charge < -0.3 is 5.73 Å². The van der Waals surface area contributed by atoms with Crippen LogP contribution >= 0.6 is 0 Å². The van der Waals surface area contributed by atoms with Crippen LogP contribution in [0, 0.1) is 5.92 Å². The topological polar surface area (TPSA) is 26.0 Å². The first kappa shape index (κ1) is 12.0. The average molecular weight is 203 g/mol. The van der Waals surface area contributed by atoms with Crippen molar-refractivity contribution in [3.8, 4) is 0 Å². The molecule has 0 spiro atoms. The Kier molecular flexibility index (Phi) is 4.10. The Morgan fingerprint density at radius 2 is 2.00 bits per heavy atom. The molecule has 0 bridgehead atoms. The normalized spacial score (nSPS) is 16.7. The van der Waals surface area contributed by atoms with Gasteiger partial charge >= 0.3 is 0 Å².